The number of aliphatic hydroxyl groups excluding tert-OH is 1. The third-order valence-electron chi connectivity index (χ3n) is 2.85. The highest BCUT2D eigenvalue weighted by molar-refractivity contribution is 4.98. The highest BCUT2D eigenvalue weighted by atomic mass is 19.3. The Morgan fingerprint density at radius 2 is 2.08 bits per heavy atom. The summed E-state index contributed by atoms with van der Waals surface area (Å²) in [6.45, 7) is 1.25. The zero-order valence-electron chi connectivity index (χ0n) is 6.76. The van der Waals surface area contributed by atoms with Gasteiger partial charge in [-0.05, 0) is 12.3 Å². The van der Waals surface area contributed by atoms with Crippen molar-refractivity contribution in [1.82, 2.24) is 5.32 Å². The molecule has 1 aliphatic heterocycles. The van der Waals surface area contributed by atoms with Crippen molar-refractivity contribution in [2.75, 3.05) is 13.1 Å². The van der Waals surface area contributed by atoms with E-state index in [1.807, 2.05) is 0 Å². The van der Waals surface area contributed by atoms with E-state index in [0.29, 0.717) is 19.5 Å². The zero-order chi connectivity index (χ0) is 8.77. The van der Waals surface area contributed by atoms with Crippen molar-refractivity contribution in [1.29, 1.82) is 0 Å². The molecule has 1 heterocycles. The predicted molar refractivity (Wildman–Crippen MR) is 40.0 cm³/mol. The summed E-state index contributed by atoms with van der Waals surface area (Å²) >= 11 is 0. The number of aliphatic hydroxyl groups is 1. The minimum absolute atomic E-state index is 0.0240. The lowest BCUT2D eigenvalue weighted by Gasteiger charge is -2.11. The van der Waals surface area contributed by atoms with E-state index in [2.05, 4.69) is 5.32 Å². The molecular formula is C8H13F2NO. The van der Waals surface area contributed by atoms with Crippen molar-refractivity contribution >= 4 is 0 Å². The summed E-state index contributed by atoms with van der Waals surface area (Å²) in [5.74, 6) is -2.84. The second-order valence-electron chi connectivity index (χ2n) is 3.88. The van der Waals surface area contributed by atoms with Crippen LogP contribution in [0.25, 0.3) is 0 Å². The summed E-state index contributed by atoms with van der Waals surface area (Å²) < 4.78 is 24.9. The van der Waals surface area contributed by atoms with Crippen LogP contribution in [-0.2, 0) is 0 Å². The first-order chi connectivity index (χ1) is 5.59. The van der Waals surface area contributed by atoms with E-state index in [1.54, 1.807) is 0 Å². The fraction of sp³-hybridized carbons (Fsp3) is 1.00. The van der Waals surface area contributed by atoms with Gasteiger partial charge in [-0.25, -0.2) is 8.78 Å². The van der Waals surface area contributed by atoms with E-state index in [9.17, 15) is 13.9 Å². The maximum atomic E-state index is 12.5. The molecule has 0 aromatic rings. The molecule has 0 aromatic carbocycles. The average molecular weight is 177 g/mol. The first kappa shape index (κ1) is 8.38. The standard InChI is InChI=1S/C8H13F2NO/c9-8(10)2-6(8)1-5-3-11-4-7(5)12/h5-7,11-12H,1-4H2. The van der Waals surface area contributed by atoms with Crippen LogP contribution in [0.15, 0.2) is 0 Å². The van der Waals surface area contributed by atoms with Gasteiger partial charge in [0.05, 0.1) is 6.10 Å². The SMILES string of the molecule is OC1CNCC1CC1CC1(F)F. The van der Waals surface area contributed by atoms with Crippen molar-refractivity contribution in [2.45, 2.75) is 24.9 Å². The Bertz CT molecular complexity index is 186. The van der Waals surface area contributed by atoms with E-state index in [0.717, 1.165) is 0 Å². The Morgan fingerprint density at radius 1 is 1.42 bits per heavy atom. The van der Waals surface area contributed by atoms with Gasteiger partial charge in [-0.1, -0.05) is 0 Å². The largest absolute Gasteiger partial charge is 0.391 e. The van der Waals surface area contributed by atoms with Gasteiger partial charge in [0.25, 0.3) is 5.92 Å². The van der Waals surface area contributed by atoms with Gasteiger partial charge in [0.15, 0.2) is 0 Å². The van der Waals surface area contributed by atoms with Crippen molar-refractivity contribution in [3.8, 4) is 0 Å². The highest BCUT2D eigenvalue weighted by Crippen LogP contribution is 2.52. The molecule has 0 bridgehead atoms. The zero-order valence-corrected chi connectivity index (χ0v) is 6.76. The highest BCUT2D eigenvalue weighted by Gasteiger charge is 2.57. The topological polar surface area (TPSA) is 32.3 Å². The van der Waals surface area contributed by atoms with Crippen LogP contribution >= 0.6 is 0 Å². The van der Waals surface area contributed by atoms with Gasteiger partial charge in [0, 0.05) is 25.4 Å². The van der Waals surface area contributed by atoms with E-state index in [1.165, 1.54) is 0 Å². The molecule has 1 aliphatic carbocycles. The van der Waals surface area contributed by atoms with Gasteiger partial charge in [-0.15, -0.1) is 0 Å². The number of rotatable bonds is 2. The lowest BCUT2D eigenvalue weighted by Crippen LogP contribution is -2.19. The smallest absolute Gasteiger partial charge is 0.251 e. The van der Waals surface area contributed by atoms with Crippen LogP contribution in [0.3, 0.4) is 0 Å². The van der Waals surface area contributed by atoms with Gasteiger partial charge in [-0.3, -0.25) is 0 Å². The molecule has 0 aromatic heterocycles. The molecule has 2 rings (SSSR count). The lowest BCUT2D eigenvalue weighted by atomic mass is 9.99. The summed E-state index contributed by atoms with van der Waals surface area (Å²) in [6, 6.07) is 0. The molecule has 2 aliphatic rings. The summed E-state index contributed by atoms with van der Waals surface area (Å²) in [4.78, 5) is 0. The average Bonchev–Trinajstić information content (AvgIpc) is 2.39. The molecule has 0 radical (unpaired) electrons. The van der Waals surface area contributed by atoms with Gasteiger partial charge < -0.3 is 10.4 Å². The molecule has 70 valence electrons. The second kappa shape index (κ2) is 2.64. The maximum absolute atomic E-state index is 12.5. The molecule has 4 heteroatoms. The van der Waals surface area contributed by atoms with Crippen LogP contribution in [0.5, 0.6) is 0 Å². The fourth-order valence-corrected chi connectivity index (χ4v) is 1.85. The van der Waals surface area contributed by atoms with Gasteiger partial charge >= 0.3 is 0 Å². The Kier molecular flexibility index (Phi) is 1.84. The number of hydrogen-bond donors (Lipinski definition) is 2. The molecule has 0 spiro atoms. The van der Waals surface area contributed by atoms with Crippen LogP contribution < -0.4 is 5.32 Å². The predicted octanol–water partition coefficient (Wildman–Crippen LogP) is 0.612. The minimum Gasteiger partial charge on any atom is -0.391 e. The Morgan fingerprint density at radius 3 is 2.50 bits per heavy atom. The molecule has 1 saturated carbocycles. The molecule has 2 fully saturated rings. The maximum Gasteiger partial charge on any atom is 0.251 e. The fourth-order valence-electron chi connectivity index (χ4n) is 1.85. The van der Waals surface area contributed by atoms with Gasteiger partial charge in [0.2, 0.25) is 0 Å². The molecule has 0 amide bonds. The van der Waals surface area contributed by atoms with Crippen molar-refractivity contribution in [3.05, 3.63) is 0 Å². The van der Waals surface area contributed by atoms with E-state index in [4.69, 9.17) is 0 Å². The van der Waals surface area contributed by atoms with Crippen molar-refractivity contribution < 1.29 is 13.9 Å². The molecule has 1 saturated heterocycles. The van der Waals surface area contributed by atoms with Gasteiger partial charge in [0.1, 0.15) is 0 Å². The summed E-state index contributed by atoms with van der Waals surface area (Å²) in [7, 11) is 0. The van der Waals surface area contributed by atoms with Crippen LogP contribution in [0.2, 0.25) is 0 Å². The molecule has 12 heavy (non-hydrogen) atoms. The Balaban J connectivity index is 1.80. The first-order valence-corrected chi connectivity index (χ1v) is 4.36. The lowest BCUT2D eigenvalue weighted by molar-refractivity contribution is 0.0818. The van der Waals surface area contributed by atoms with Crippen molar-refractivity contribution in [3.63, 3.8) is 0 Å². The third kappa shape index (κ3) is 1.45. The molecule has 2 nitrogen and oxygen atoms in total. The number of halogens is 2. The first-order valence-electron chi connectivity index (χ1n) is 4.36. The van der Waals surface area contributed by atoms with Crippen molar-refractivity contribution in [2.24, 2.45) is 11.8 Å². The molecule has 3 atom stereocenters. The normalized spacial score (nSPS) is 44.8. The monoisotopic (exact) mass is 177 g/mol. The Hall–Kier alpha value is -0.220. The third-order valence-corrected chi connectivity index (χ3v) is 2.85. The van der Waals surface area contributed by atoms with Crippen LogP contribution in [0, 0.1) is 11.8 Å². The van der Waals surface area contributed by atoms with Crippen LogP contribution in [0.1, 0.15) is 12.8 Å². The number of β-amino-alcohol motifs (C(OH)–C–C–N with tert-alkyl or cyclic N) is 1. The quantitative estimate of drug-likeness (QED) is 0.647. The van der Waals surface area contributed by atoms with Gasteiger partial charge in [-0.2, -0.15) is 0 Å². The number of hydrogen-bond acceptors (Lipinski definition) is 2. The summed E-state index contributed by atoms with van der Waals surface area (Å²) in [5, 5.41) is 12.3. The summed E-state index contributed by atoms with van der Waals surface area (Å²) in [6.07, 6.45) is 0.0820. The molecule has 3 unspecified atom stereocenters. The Labute approximate surface area is 70.0 Å². The summed E-state index contributed by atoms with van der Waals surface area (Å²) in [5.41, 5.74) is 0. The second-order valence-corrected chi connectivity index (χ2v) is 3.88. The van der Waals surface area contributed by atoms with E-state index in [-0.39, 0.29) is 12.3 Å². The van der Waals surface area contributed by atoms with Crippen LogP contribution in [-0.4, -0.2) is 30.2 Å². The minimum atomic E-state index is -2.43. The number of nitrogens with one attached hydrogen (secondary N) is 1. The molecule has 2 N–H and O–H groups in total. The molecular weight excluding hydrogens is 164 g/mol. The van der Waals surface area contributed by atoms with E-state index >= 15 is 0 Å². The van der Waals surface area contributed by atoms with E-state index < -0.39 is 17.9 Å². The number of alkyl halides is 2. The van der Waals surface area contributed by atoms with Crippen LogP contribution in [0.4, 0.5) is 8.78 Å².